The minimum Gasteiger partial charge on any atom is -0.386 e. The van der Waals surface area contributed by atoms with Crippen molar-refractivity contribution in [2.45, 2.75) is 31.6 Å². The van der Waals surface area contributed by atoms with Gasteiger partial charge in [0, 0.05) is 40.0 Å². The van der Waals surface area contributed by atoms with Crippen molar-refractivity contribution in [3.8, 4) is 0 Å². The highest BCUT2D eigenvalue weighted by molar-refractivity contribution is 7.86. The summed E-state index contributed by atoms with van der Waals surface area (Å²) in [5, 5.41) is 14.9. The maximum Gasteiger partial charge on any atom is 0.314 e. The molecule has 3 N–H and O–H groups in total. The Morgan fingerprint density at radius 1 is 1.32 bits per heavy atom. The molecule has 1 aromatic rings. The zero-order valence-corrected chi connectivity index (χ0v) is 13.9. The Bertz CT molecular complexity index is 532. The number of hydrogen-bond donors (Lipinski definition) is 3. The number of rotatable bonds is 6. The lowest BCUT2D eigenvalue weighted by atomic mass is 10.1. The van der Waals surface area contributed by atoms with E-state index in [0.717, 1.165) is 0 Å². The van der Waals surface area contributed by atoms with Crippen molar-refractivity contribution in [3.63, 3.8) is 0 Å². The van der Waals surface area contributed by atoms with Crippen LogP contribution in [0.1, 0.15) is 32.4 Å². The highest BCUT2D eigenvalue weighted by Crippen LogP contribution is 2.15. The van der Waals surface area contributed by atoms with Crippen LogP contribution in [0, 0.1) is 5.82 Å². The summed E-state index contributed by atoms with van der Waals surface area (Å²) in [5.41, 5.74) is 0.136. The fourth-order valence-electron chi connectivity index (χ4n) is 1.67. The fourth-order valence-corrected chi connectivity index (χ4v) is 2.57. The SMILES string of the molecule is CC(C)(C)[S@](=O)CCNC(=O)NC[C@@H](O)c1ccccc1F. The van der Waals surface area contributed by atoms with E-state index < -0.39 is 28.8 Å². The molecule has 0 bridgehead atoms. The summed E-state index contributed by atoms with van der Waals surface area (Å²) >= 11 is 0. The van der Waals surface area contributed by atoms with E-state index in [1.165, 1.54) is 18.2 Å². The zero-order chi connectivity index (χ0) is 16.8. The third-order valence-corrected chi connectivity index (χ3v) is 4.92. The molecule has 0 saturated carbocycles. The monoisotopic (exact) mass is 330 g/mol. The maximum atomic E-state index is 13.4. The molecule has 2 amide bonds. The number of urea groups is 1. The summed E-state index contributed by atoms with van der Waals surface area (Å²) in [4.78, 5) is 11.6. The van der Waals surface area contributed by atoms with Crippen LogP contribution in [0.15, 0.2) is 24.3 Å². The van der Waals surface area contributed by atoms with Crippen LogP contribution in [0.4, 0.5) is 9.18 Å². The molecule has 22 heavy (non-hydrogen) atoms. The largest absolute Gasteiger partial charge is 0.386 e. The van der Waals surface area contributed by atoms with E-state index in [1.807, 2.05) is 20.8 Å². The second-order valence-electron chi connectivity index (χ2n) is 5.84. The first-order valence-electron chi connectivity index (χ1n) is 7.04. The van der Waals surface area contributed by atoms with Crippen molar-refractivity contribution in [1.82, 2.24) is 10.6 Å². The molecule has 1 aromatic carbocycles. The van der Waals surface area contributed by atoms with E-state index in [0.29, 0.717) is 5.75 Å². The minimum atomic E-state index is -1.12. The van der Waals surface area contributed by atoms with Gasteiger partial charge in [-0.15, -0.1) is 0 Å². The Hall–Kier alpha value is -1.47. The summed E-state index contributed by atoms with van der Waals surface area (Å²) in [5.74, 6) is -0.162. The van der Waals surface area contributed by atoms with Crippen LogP contribution in [0.5, 0.6) is 0 Å². The van der Waals surface area contributed by atoms with Crippen LogP contribution in [0.25, 0.3) is 0 Å². The lowest BCUT2D eigenvalue weighted by Gasteiger charge is -2.18. The number of aliphatic hydroxyl groups excluding tert-OH is 1. The van der Waals surface area contributed by atoms with Gasteiger partial charge in [0.1, 0.15) is 5.82 Å². The number of benzene rings is 1. The molecular weight excluding hydrogens is 307 g/mol. The van der Waals surface area contributed by atoms with Crippen molar-refractivity contribution in [2.24, 2.45) is 0 Å². The standard InChI is InChI=1S/C15H23FN2O3S/c1-15(2,3)22(21)9-8-17-14(20)18-10-13(19)11-6-4-5-7-12(11)16/h4-7,13,19H,8-10H2,1-3H3,(H2,17,18,20)/t13-,22-/m1/s1. The van der Waals surface area contributed by atoms with E-state index in [-0.39, 0.29) is 23.4 Å². The van der Waals surface area contributed by atoms with Crippen molar-refractivity contribution in [2.75, 3.05) is 18.8 Å². The van der Waals surface area contributed by atoms with Crippen LogP contribution in [0.3, 0.4) is 0 Å². The van der Waals surface area contributed by atoms with E-state index in [1.54, 1.807) is 6.07 Å². The van der Waals surface area contributed by atoms with Gasteiger partial charge in [-0.1, -0.05) is 18.2 Å². The van der Waals surface area contributed by atoms with Gasteiger partial charge in [0.15, 0.2) is 0 Å². The van der Waals surface area contributed by atoms with Gasteiger partial charge in [-0.2, -0.15) is 0 Å². The van der Waals surface area contributed by atoms with Gasteiger partial charge in [-0.3, -0.25) is 4.21 Å². The highest BCUT2D eigenvalue weighted by atomic mass is 32.2. The van der Waals surface area contributed by atoms with E-state index in [2.05, 4.69) is 10.6 Å². The van der Waals surface area contributed by atoms with Gasteiger partial charge in [0.25, 0.3) is 0 Å². The molecule has 0 aliphatic rings. The smallest absolute Gasteiger partial charge is 0.314 e. The van der Waals surface area contributed by atoms with Crippen LogP contribution in [-0.2, 0) is 10.8 Å². The van der Waals surface area contributed by atoms with Crippen LogP contribution < -0.4 is 10.6 Å². The van der Waals surface area contributed by atoms with E-state index >= 15 is 0 Å². The number of amides is 2. The van der Waals surface area contributed by atoms with Crippen LogP contribution >= 0.6 is 0 Å². The molecule has 1 rings (SSSR count). The lowest BCUT2D eigenvalue weighted by Crippen LogP contribution is -2.40. The average Bonchev–Trinajstić information content (AvgIpc) is 2.44. The molecule has 0 aliphatic carbocycles. The molecular formula is C15H23FN2O3S. The highest BCUT2D eigenvalue weighted by Gasteiger charge is 2.19. The topological polar surface area (TPSA) is 78.4 Å². The zero-order valence-electron chi connectivity index (χ0n) is 13.1. The second-order valence-corrected chi connectivity index (χ2v) is 8.16. The number of hydrogen-bond acceptors (Lipinski definition) is 3. The number of halogens is 1. The Morgan fingerprint density at radius 3 is 2.55 bits per heavy atom. The summed E-state index contributed by atoms with van der Waals surface area (Å²) < 4.78 is 24.9. The third kappa shape index (κ3) is 6.11. The molecule has 0 fully saturated rings. The Kier molecular flexibility index (Phi) is 6.96. The molecule has 0 unspecified atom stereocenters. The molecule has 2 atom stereocenters. The van der Waals surface area contributed by atoms with Gasteiger partial charge in [0.05, 0.1) is 6.10 Å². The summed E-state index contributed by atoms with van der Waals surface area (Å²) in [6.07, 6.45) is -1.12. The van der Waals surface area contributed by atoms with Gasteiger partial charge < -0.3 is 15.7 Å². The molecule has 0 aromatic heterocycles. The average molecular weight is 330 g/mol. The lowest BCUT2D eigenvalue weighted by molar-refractivity contribution is 0.169. The molecule has 0 aliphatic heterocycles. The van der Waals surface area contributed by atoms with Crippen molar-refractivity contribution in [1.29, 1.82) is 0 Å². The van der Waals surface area contributed by atoms with E-state index in [4.69, 9.17) is 0 Å². The quantitative estimate of drug-likeness (QED) is 0.743. The van der Waals surface area contributed by atoms with Crippen molar-refractivity contribution in [3.05, 3.63) is 35.6 Å². The molecule has 7 heteroatoms. The Morgan fingerprint density at radius 2 is 1.95 bits per heavy atom. The van der Waals surface area contributed by atoms with Crippen molar-refractivity contribution < 1.29 is 18.5 Å². The first-order valence-corrected chi connectivity index (χ1v) is 8.36. The predicted molar refractivity (Wildman–Crippen MR) is 85.5 cm³/mol. The predicted octanol–water partition coefficient (Wildman–Crippen LogP) is 1.71. The number of aliphatic hydroxyl groups is 1. The van der Waals surface area contributed by atoms with Crippen molar-refractivity contribution >= 4 is 16.8 Å². The summed E-state index contributed by atoms with van der Waals surface area (Å²) in [6.45, 7) is 5.77. The second kappa shape index (κ2) is 8.24. The molecule has 5 nitrogen and oxygen atoms in total. The third-order valence-electron chi connectivity index (χ3n) is 2.98. The van der Waals surface area contributed by atoms with E-state index in [9.17, 15) is 18.5 Å². The van der Waals surface area contributed by atoms with Gasteiger partial charge in [-0.25, -0.2) is 9.18 Å². The summed E-state index contributed by atoms with van der Waals surface area (Å²) in [7, 11) is -1.04. The summed E-state index contributed by atoms with van der Waals surface area (Å²) in [6, 6.07) is 5.37. The Labute approximate surface area is 132 Å². The number of nitrogens with one attached hydrogen (secondary N) is 2. The Balaban J connectivity index is 2.32. The maximum absolute atomic E-state index is 13.4. The molecule has 0 heterocycles. The van der Waals surface area contributed by atoms with Gasteiger partial charge >= 0.3 is 6.03 Å². The normalized spacial score (nSPS) is 14.2. The first-order chi connectivity index (χ1) is 10.2. The minimum absolute atomic E-state index is 0.102. The molecule has 0 spiro atoms. The fraction of sp³-hybridized carbons (Fsp3) is 0.533. The van der Waals surface area contributed by atoms with Crippen LogP contribution in [-0.4, -0.2) is 38.9 Å². The van der Waals surface area contributed by atoms with Gasteiger partial charge in [0.2, 0.25) is 0 Å². The van der Waals surface area contributed by atoms with Gasteiger partial charge in [-0.05, 0) is 26.8 Å². The molecule has 124 valence electrons. The molecule has 0 radical (unpaired) electrons. The number of carbonyl (C=O) groups excluding carboxylic acids is 1. The first kappa shape index (κ1) is 18.6. The number of carbonyl (C=O) groups is 1. The van der Waals surface area contributed by atoms with Crippen LogP contribution in [0.2, 0.25) is 0 Å². The molecule has 0 saturated heterocycles.